The number of ether oxygens (including phenoxy) is 1. The molecule has 84 valence electrons. The molecule has 1 fully saturated rings. The van der Waals surface area contributed by atoms with Crippen LogP contribution in [0.25, 0.3) is 0 Å². The number of nitrogens with one attached hydrogen (secondary N) is 1. The summed E-state index contributed by atoms with van der Waals surface area (Å²) < 4.78 is 5.49. The molecule has 3 nitrogen and oxygen atoms in total. The predicted molar refractivity (Wildman–Crippen MR) is 59.3 cm³/mol. The third kappa shape index (κ3) is 3.56. The maximum atomic E-state index is 5.69. The van der Waals surface area contributed by atoms with Crippen LogP contribution < -0.4 is 11.1 Å². The second-order valence-electron chi connectivity index (χ2n) is 5.44. The van der Waals surface area contributed by atoms with Crippen molar-refractivity contribution in [3.8, 4) is 0 Å². The van der Waals surface area contributed by atoms with Gasteiger partial charge in [-0.15, -0.1) is 0 Å². The van der Waals surface area contributed by atoms with Crippen LogP contribution >= 0.6 is 0 Å². The Hall–Kier alpha value is -0.120. The number of hydrogen-bond donors (Lipinski definition) is 2. The average molecular weight is 200 g/mol. The number of nitrogens with two attached hydrogens (primary N) is 1. The highest BCUT2D eigenvalue weighted by Gasteiger charge is 2.29. The first-order valence-corrected chi connectivity index (χ1v) is 5.50. The van der Waals surface area contributed by atoms with Gasteiger partial charge in [0.25, 0.3) is 0 Å². The molecule has 14 heavy (non-hydrogen) atoms. The normalized spacial score (nSPS) is 29.1. The summed E-state index contributed by atoms with van der Waals surface area (Å²) in [5, 5.41) is 3.58. The van der Waals surface area contributed by atoms with Crippen LogP contribution in [0.15, 0.2) is 0 Å². The van der Waals surface area contributed by atoms with E-state index in [4.69, 9.17) is 10.5 Å². The summed E-state index contributed by atoms with van der Waals surface area (Å²) in [6.45, 7) is 10.0. The minimum absolute atomic E-state index is 0.157. The van der Waals surface area contributed by atoms with Crippen molar-refractivity contribution in [2.75, 3.05) is 26.3 Å². The van der Waals surface area contributed by atoms with Crippen molar-refractivity contribution in [2.24, 2.45) is 11.1 Å². The van der Waals surface area contributed by atoms with Gasteiger partial charge in [-0.25, -0.2) is 0 Å². The second kappa shape index (κ2) is 4.60. The van der Waals surface area contributed by atoms with E-state index in [2.05, 4.69) is 26.1 Å². The number of hydrogen-bond acceptors (Lipinski definition) is 3. The first-order valence-electron chi connectivity index (χ1n) is 5.50. The zero-order valence-corrected chi connectivity index (χ0v) is 9.73. The van der Waals surface area contributed by atoms with E-state index in [-0.39, 0.29) is 11.0 Å². The molecular weight excluding hydrogens is 176 g/mol. The van der Waals surface area contributed by atoms with Crippen molar-refractivity contribution < 1.29 is 4.74 Å². The highest BCUT2D eigenvalue weighted by molar-refractivity contribution is 4.87. The molecule has 1 heterocycles. The molecular formula is C11H24N2O. The van der Waals surface area contributed by atoms with E-state index < -0.39 is 0 Å². The van der Waals surface area contributed by atoms with E-state index in [1.54, 1.807) is 0 Å². The quantitative estimate of drug-likeness (QED) is 0.715. The Morgan fingerprint density at radius 1 is 1.50 bits per heavy atom. The molecule has 1 aliphatic heterocycles. The van der Waals surface area contributed by atoms with Crippen LogP contribution in [0, 0.1) is 5.41 Å². The Morgan fingerprint density at radius 3 is 2.71 bits per heavy atom. The predicted octanol–water partition coefficient (Wildman–Crippen LogP) is 1.13. The van der Waals surface area contributed by atoms with Crippen molar-refractivity contribution in [3.05, 3.63) is 0 Å². The summed E-state index contributed by atoms with van der Waals surface area (Å²) in [4.78, 5) is 0. The summed E-state index contributed by atoms with van der Waals surface area (Å²) >= 11 is 0. The largest absolute Gasteiger partial charge is 0.380 e. The lowest BCUT2D eigenvalue weighted by atomic mass is 9.89. The molecule has 0 bridgehead atoms. The van der Waals surface area contributed by atoms with Crippen molar-refractivity contribution in [1.29, 1.82) is 0 Å². The zero-order valence-electron chi connectivity index (χ0n) is 9.73. The van der Waals surface area contributed by atoms with Gasteiger partial charge in [0.2, 0.25) is 0 Å². The van der Waals surface area contributed by atoms with Crippen molar-refractivity contribution in [1.82, 2.24) is 5.32 Å². The molecule has 1 unspecified atom stereocenters. The van der Waals surface area contributed by atoms with Gasteiger partial charge in [-0.2, -0.15) is 0 Å². The van der Waals surface area contributed by atoms with E-state index in [1.807, 2.05) is 0 Å². The molecule has 0 amide bonds. The third-order valence-corrected chi connectivity index (χ3v) is 2.98. The van der Waals surface area contributed by atoms with E-state index in [0.717, 1.165) is 32.7 Å². The highest BCUT2D eigenvalue weighted by atomic mass is 16.5. The third-order valence-electron chi connectivity index (χ3n) is 2.98. The molecule has 0 aromatic heterocycles. The van der Waals surface area contributed by atoms with Gasteiger partial charge in [-0.3, -0.25) is 0 Å². The highest BCUT2D eigenvalue weighted by Crippen LogP contribution is 2.20. The molecule has 0 aromatic carbocycles. The fraction of sp³-hybridized carbons (Fsp3) is 1.00. The second-order valence-corrected chi connectivity index (χ2v) is 5.44. The van der Waals surface area contributed by atoms with E-state index in [9.17, 15) is 0 Å². The molecule has 1 saturated heterocycles. The summed E-state index contributed by atoms with van der Waals surface area (Å²) in [5.41, 5.74) is 6.03. The fourth-order valence-corrected chi connectivity index (χ4v) is 1.60. The first kappa shape index (κ1) is 12.0. The summed E-state index contributed by atoms with van der Waals surface area (Å²) in [7, 11) is 0. The Morgan fingerprint density at radius 2 is 2.21 bits per heavy atom. The van der Waals surface area contributed by atoms with Crippen LogP contribution in [0.4, 0.5) is 0 Å². The van der Waals surface area contributed by atoms with Gasteiger partial charge in [0.05, 0.1) is 6.61 Å². The van der Waals surface area contributed by atoms with Gasteiger partial charge in [0.15, 0.2) is 0 Å². The van der Waals surface area contributed by atoms with Gasteiger partial charge in [-0.05, 0) is 31.7 Å². The maximum absolute atomic E-state index is 5.69. The lowest BCUT2D eigenvalue weighted by Gasteiger charge is -2.37. The minimum atomic E-state index is 0.157. The van der Waals surface area contributed by atoms with Crippen LogP contribution in [0.2, 0.25) is 0 Å². The summed E-state index contributed by atoms with van der Waals surface area (Å²) in [6.07, 6.45) is 2.36. The first-order chi connectivity index (χ1) is 6.47. The molecule has 0 aliphatic carbocycles. The van der Waals surface area contributed by atoms with E-state index >= 15 is 0 Å². The molecule has 0 saturated carbocycles. The fourth-order valence-electron chi connectivity index (χ4n) is 1.60. The van der Waals surface area contributed by atoms with Gasteiger partial charge in [0.1, 0.15) is 0 Å². The maximum Gasteiger partial charge on any atom is 0.0645 e. The monoisotopic (exact) mass is 200 g/mol. The van der Waals surface area contributed by atoms with Crippen LogP contribution in [0.5, 0.6) is 0 Å². The zero-order chi connectivity index (χ0) is 10.7. The average Bonchev–Trinajstić information content (AvgIpc) is 2.17. The Kier molecular flexibility index (Phi) is 3.93. The van der Waals surface area contributed by atoms with Gasteiger partial charge < -0.3 is 15.8 Å². The molecule has 1 atom stereocenters. The van der Waals surface area contributed by atoms with Crippen molar-refractivity contribution in [2.45, 2.75) is 39.2 Å². The molecule has 0 aromatic rings. The molecule has 1 aliphatic rings. The molecule has 1 rings (SSSR count). The molecule has 0 spiro atoms. The lowest BCUT2D eigenvalue weighted by molar-refractivity contribution is 0.0246. The summed E-state index contributed by atoms with van der Waals surface area (Å²) in [6, 6.07) is 0. The minimum Gasteiger partial charge on any atom is -0.380 e. The Labute approximate surface area is 87.4 Å². The standard InChI is InChI=1S/C11H24N2O/c1-10(2,7-12)8-13-11(3)5-4-6-14-9-11/h13H,4-9,12H2,1-3H3. The van der Waals surface area contributed by atoms with Crippen LogP contribution in [-0.4, -0.2) is 31.8 Å². The molecule has 0 radical (unpaired) electrons. The van der Waals surface area contributed by atoms with Crippen molar-refractivity contribution >= 4 is 0 Å². The number of rotatable bonds is 4. The summed E-state index contributed by atoms with van der Waals surface area (Å²) in [5.74, 6) is 0. The van der Waals surface area contributed by atoms with Crippen LogP contribution in [0.1, 0.15) is 33.6 Å². The van der Waals surface area contributed by atoms with Gasteiger partial charge in [-0.1, -0.05) is 13.8 Å². The molecule has 3 heteroatoms. The Balaban J connectivity index is 2.35. The smallest absolute Gasteiger partial charge is 0.0645 e. The van der Waals surface area contributed by atoms with Crippen molar-refractivity contribution in [3.63, 3.8) is 0 Å². The topological polar surface area (TPSA) is 47.3 Å². The van der Waals surface area contributed by atoms with Gasteiger partial charge >= 0.3 is 0 Å². The van der Waals surface area contributed by atoms with E-state index in [0.29, 0.717) is 0 Å². The molecule has 3 N–H and O–H groups in total. The Bertz CT molecular complexity index is 174. The lowest BCUT2D eigenvalue weighted by Crippen LogP contribution is -2.52. The van der Waals surface area contributed by atoms with Gasteiger partial charge in [0, 0.05) is 18.7 Å². The van der Waals surface area contributed by atoms with Crippen LogP contribution in [0.3, 0.4) is 0 Å². The SMILES string of the molecule is CC(C)(CN)CNC1(C)CCCOC1. The van der Waals surface area contributed by atoms with E-state index in [1.165, 1.54) is 6.42 Å². The van der Waals surface area contributed by atoms with Crippen LogP contribution in [-0.2, 0) is 4.74 Å².